The molecular weight excluding hydrogens is 449 g/mol. The molecule has 2 aliphatic rings. The zero-order chi connectivity index (χ0) is 23.1. The number of esters is 1. The van der Waals surface area contributed by atoms with Gasteiger partial charge < -0.3 is 14.8 Å². The molecule has 1 fully saturated rings. The number of rotatable bonds is 8. The van der Waals surface area contributed by atoms with Gasteiger partial charge in [-0.25, -0.2) is 4.79 Å². The molecule has 1 aromatic rings. The lowest BCUT2D eigenvalue weighted by Gasteiger charge is -2.29. The molecule has 1 aliphatic carbocycles. The van der Waals surface area contributed by atoms with Crippen molar-refractivity contribution >= 4 is 35.0 Å². The molecule has 3 unspecified atom stereocenters. The molecule has 0 bridgehead atoms. The molecule has 0 amide bonds. The summed E-state index contributed by atoms with van der Waals surface area (Å²) >= 11 is 12.4. The van der Waals surface area contributed by atoms with Crippen LogP contribution < -0.4 is 5.32 Å². The van der Waals surface area contributed by atoms with E-state index in [-0.39, 0.29) is 29.7 Å². The molecule has 3 atom stereocenters. The first-order valence-corrected chi connectivity index (χ1v) is 12.1. The van der Waals surface area contributed by atoms with Gasteiger partial charge in [-0.15, -0.1) is 0 Å². The van der Waals surface area contributed by atoms with Crippen LogP contribution in [0.1, 0.15) is 51.2 Å². The van der Waals surface area contributed by atoms with E-state index in [0.29, 0.717) is 60.1 Å². The molecule has 1 heterocycles. The average Bonchev–Trinajstić information content (AvgIpc) is 3.04. The van der Waals surface area contributed by atoms with Crippen LogP contribution in [0.15, 0.2) is 41.5 Å². The Balaban J connectivity index is 1.84. The number of carbonyl (C=O) groups is 2. The van der Waals surface area contributed by atoms with Crippen LogP contribution in [0.4, 0.5) is 0 Å². The van der Waals surface area contributed by atoms with Gasteiger partial charge in [0.1, 0.15) is 0 Å². The van der Waals surface area contributed by atoms with Crippen LogP contribution in [0, 0.1) is 11.8 Å². The Labute approximate surface area is 200 Å². The Hall–Kier alpha value is -1.66. The normalized spacial score (nSPS) is 22.4. The van der Waals surface area contributed by atoms with E-state index >= 15 is 0 Å². The fourth-order valence-electron chi connectivity index (χ4n) is 4.45. The summed E-state index contributed by atoms with van der Waals surface area (Å²) in [5, 5.41) is 4.42. The molecule has 1 aromatic carbocycles. The first-order valence-electron chi connectivity index (χ1n) is 11.3. The highest BCUT2D eigenvalue weighted by Crippen LogP contribution is 2.37. The molecular formula is C25H31Cl2NO4. The van der Waals surface area contributed by atoms with Crippen LogP contribution >= 0.6 is 23.2 Å². The highest BCUT2D eigenvalue weighted by atomic mass is 35.5. The van der Waals surface area contributed by atoms with Crippen molar-refractivity contribution in [3.05, 3.63) is 57.1 Å². The third-order valence-corrected chi connectivity index (χ3v) is 6.87. The Morgan fingerprint density at radius 1 is 1.16 bits per heavy atom. The summed E-state index contributed by atoms with van der Waals surface area (Å²) in [6, 6.07) is 5.57. The van der Waals surface area contributed by atoms with Crippen LogP contribution in [0.2, 0.25) is 10.0 Å². The van der Waals surface area contributed by atoms with Gasteiger partial charge in [0.2, 0.25) is 0 Å². The minimum Gasteiger partial charge on any atom is -0.463 e. The predicted molar refractivity (Wildman–Crippen MR) is 127 cm³/mol. The van der Waals surface area contributed by atoms with Crippen molar-refractivity contribution in [3.8, 4) is 0 Å². The van der Waals surface area contributed by atoms with Gasteiger partial charge in [0, 0.05) is 36.1 Å². The number of carbonyl (C=O) groups excluding carboxylic acids is 2. The quantitative estimate of drug-likeness (QED) is 0.395. The minimum absolute atomic E-state index is 0.0389. The number of ketones is 1. The number of halogens is 2. The second kappa shape index (κ2) is 12.0. The van der Waals surface area contributed by atoms with Crippen LogP contribution in [-0.4, -0.2) is 38.1 Å². The van der Waals surface area contributed by atoms with Gasteiger partial charge in [0.25, 0.3) is 0 Å². The summed E-state index contributed by atoms with van der Waals surface area (Å²) in [5.41, 5.74) is 2.04. The maximum Gasteiger partial charge on any atom is 0.334 e. The number of hydrogen-bond donors (Lipinski definition) is 1. The zero-order valence-corrected chi connectivity index (χ0v) is 20.2. The summed E-state index contributed by atoms with van der Waals surface area (Å²) in [7, 11) is 0. The maximum absolute atomic E-state index is 13.6. The summed E-state index contributed by atoms with van der Waals surface area (Å²) < 4.78 is 11.4. The molecule has 5 nitrogen and oxygen atoms in total. The largest absolute Gasteiger partial charge is 0.463 e. The molecule has 0 aromatic heterocycles. The van der Waals surface area contributed by atoms with Crippen molar-refractivity contribution in [2.75, 3.05) is 26.3 Å². The molecule has 1 N–H and O–H groups in total. The van der Waals surface area contributed by atoms with Crippen molar-refractivity contribution in [2.45, 2.75) is 45.6 Å². The highest BCUT2D eigenvalue weighted by molar-refractivity contribution is 6.42. The summed E-state index contributed by atoms with van der Waals surface area (Å²) in [6.45, 7) is 6.15. The lowest BCUT2D eigenvalue weighted by Crippen LogP contribution is -2.30. The topological polar surface area (TPSA) is 64.6 Å². The molecule has 3 rings (SSSR count). The van der Waals surface area contributed by atoms with E-state index in [9.17, 15) is 9.59 Å². The van der Waals surface area contributed by atoms with Gasteiger partial charge in [0.15, 0.2) is 5.78 Å². The van der Waals surface area contributed by atoms with E-state index in [1.54, 1.807) is 13.0 Å². The molecule has 7 heteroatoms. The minimum atomic E-state index is -0.386. The van der Waals surface area contributed by atoms with E-state index in [2.05, 4.69) is 5.32 Å². The van der Waals surface area contributed by atoms with Gasteiger partial charge in [-0.1, -0.05) is 48.3 Å². The van der Waals surface area contributed by atoms with Crippen molar-refractivity contribution in [2.24, 2.45) is 11.8 Å². The van der Waals surface area contributed by atoms with Gasteiger partial charge in [-0.2, -0.15) is 0 Å². The molecule has 0 radical (unpaired) electrons. The van der Waals surface area contributed by atoms with Crippen LogP contribution in [-0.2, 0) is 19.1 Å². The average molecular weight is 480 g/mol. The summed E-state index contributed by atoms with van der Waals surface area (Å²) in [6.07, 6.45) is 5.94. The number of benzene rings is 1. The van der Waals surface area contributed by atoms with Crippen molar-refractivity contribution < 1.29 is 19.1 Å². The van der Waals surface area contributed by atoms with E-state index in [0.717, 1.165) is 18.7 Å². The molecule has 32 heavy (non-hydrogen) atoms. The lowest BCUT2D eigenvalue weighted by molar-refractivity contribution is -0.139. The number of hydrogen-bond acceptors (Lipinski definition) is 5. The number of Topliss-reactive ketones (excluding diaryl/α,β-unsaturated/α-hetero) is 1. The fourth-order valence-corrected chi connectivity index (χ4v) is 4.75. The Morgan fingerprint density at radius 2 is 1.91 bits per heavy atom. The SMILES string of the molecule is CCOC(=O)C1=C(C(=O)C(CC)CC2CNCCOC2c2ccc(Cl)c(Cl)c2)CC=CC1. The van der Waals surface area contributed by atoms with E-state index < -0.39 is 0 Å². The lowest BCUT2D eigenvalue weighted by atomic mass is 9.80. The molecule has 0 spiro atoms. The van der Waals surface area contributed by atoms with Crippen molar-refractivity contribution in [1.82, 2.24) is 5.32 Å². The summed E-state index contributed by atoms with van der Waals surface area (Å²) in [4.78, 5) is 26.0. The predicted octanol–water partition coefficient (Wildman–Crippen LogP) is 5.47. The Morgan fingerprint density at radius 3 is 2.59 bits per heavy atom. The summed E-state index contributed by atoms with van der Waals surface area (Å²) in [5.74, 6) is -0.477. The second-order valence-corrected chi connectivity index (χ2v) is 9.01. The molecule has 174 valence electrons. The van der Waals surface area contributed by atoms with Crippen molar-refractivity contribution in [1.29, 1.82) is 0 Å². The number of allylic oxidation sites excluding steroid dienone is 3. The maximum atomic E-state index is 13.6. The monoisotopic (exact) mass is 479 g/mol. The third-order valence-electron chi connectivity index (χ3n) is 6.13. The molecule has 1 aliphatic heterocycles. The van der Waals surface area contributed by atoms with E-state index in [1.165, 1.54) is 0 Å². The smallest absolute Gasteiger partial charge is 0.334 e. The fraction of sp³-hybridized carbons (Fsp3) is 0.520. The van der Waals surface area contributed by atoms with E-state index in [1.807, 2.05) is 31.2 Å². The second-order valence-electron chi connectivity index (χ2n) is 8.19. The van der Waals surface area contributed by atoms with Crippen LogP contribution in [0.25, 0.3) is 0 Å². The third kappa shape index (κ3) is 6.02. The van der Waals surface area contributed by atoms with Gasteiger partial charge in [-0.3, -0.25) is 4.79 Å². The number of ether oxygens (including phenoxy) is 2. The Kier molecular flexibility index (Phi) is 9.35. The van der Waals surface area contributed by atoms with Gasteiger partial charge in [0.05, 0.1) is 29.4 Å². The van der Waals surface area contributed by atoms with Crippen molar-refractivity contribution in [3.63, 3.8) is 0 Å². The highest BCUT2D eigenvalue weighted by Gasteiger charge is 2.33. The van der Waals surface area contributed by atoms with E-state index in [4.69, 9.17) is 32.7 Å². The number of nitrogens with one attached hydrogen (secondary N) is 1. The molecule has 0 saturated carbocycles. The first kappa shape index (κ1) is 25.0. The van der Waals surface area contributed by atoms with Crippen LogP contribution in [0.3, 0.4) is 0 Å². The standard InChI is InChI=1S/C25H31Cl2NO4/c1-3-16(23(29)19-7-5-6-8-20(19)25(30)31-4-2)13-18-15-28-11-12-32-24(18)17-9-10-21(26)22(27)14-17/h5-6,9-10,14,16,18,24,28H,3-4,7-8,11-13,15H2,1-2H3. The van der Waals surface area contributed by atoms with Gasteiger partial charge in [-0.05, 0) is 50.3 Å². The first-order chi connectivity index (χ1) is 15.5. The van der Waals surface area contributed by atoms with Gasteiger partial charge >= 0.3 is 5.97 Å². The zero-order valence-electron chi connectivity index (χ0n) is 18.7. The van der Waals surface area contributed by atoms with Crippen LogP contribution in [0.5, 0.6) is 0 Å². The molecule has 1 saturated heterocycles. The Bertz CT molecular complexity index is 896.